The summed E-state index contributed by atoms with van der Waals surface area (Å²) in [6.07, 6.45) is 7.05. The van der Waals surface area contributed by atoms with Crippen LogP contribution >= 0.6 is 23.5 Å². The van der Waals surface area contributed by atoms with Crippen LogP contribution in [0.15, 0.2) is 41.3 Å². The maximum Gasteiger partial charge on any atom is 0.281 e. The molecule has 2 aliphatic heterocycles. The Hall–Kier alpha value is -3.77. The molecule has 13 heteroatoms. The summed E-state index contributed by atoms with van der Waals surface area (Å²) in [4.78, 5) is 40.7. The van der Waals surface area contributed by atoms with E-state index < -0.39 is 0 Å². The Morgan fingerprint density at radius 1 is 1.09 bits per heavy atom. The van der Waals surface area contributed by atoms with Crippen LogP contribution in [0.3, 0.4) is 0 Å². The van der Waals surface area contributed by atoms with E-state index in [0.717, 1.165) is 62.4 Å². The van der Waals surface area contributed by atoms with Crippen molar-refractivity contribution >= 4 is 57.8 Å². The SMILES string of the molecule is CSNC(=O)c1nc(Cl)ccc1NC(C)c1cc(C)cc2c(=O)n(C)c(N3CCC4(CCCN(c5ccn(C)n5)C4)C3)nc12. The van der Waals surface area contributed by atoms with Gasteiger partial charge in [-0.15, -0.1) is 0 Å². The van der Waals surface area contributed by atoms with Crippen LogP contribution in [0.5, 0.6) is 0 Å². The van der Waals surface area contributed by atoms with Crippen LogP contribution in [-0.2, 0) is 14.1 Å². The molecule has 2 saturated heterocycles. The molecule has 2 unspecified atom stereocenters. The standard InChI is InChI=1S/C31H38ClN9O2S/c1-19-15-21(20(2)33-23-7-8-24(32)34-27(23)28(42)37-44-5)26-22(16-19)29(43)39(4)30(35-26)41-14-11-31(18-41)10-6-12-40(17-31)25-9-13-38(3)36-25/h7-9,13,15-16,20,33H,6,10-12,14,17-18H2,1-5H3,(H,37,42). The van der Waals surface area contributed by atoms with Gasteiger partial charge in [-0.05, 0) is 56.9 Å². The third-order valence-corrected chi connectivity index (χ3v) is 9.45. The molecule has 0 bridgehead atoms. The number of anilines is 3. The maximum atomic E-state index is 13.8. The molecule has 1 aromatic carbocycles. The van der Waals surface area contributed by atoms with Gasteiger partial charge in [0.2, 0.25) is 5.95 Å². The number of fused-ring (bicyclic) bond motifs is 1. The summed E-state index contributed by atoms with van der Waals surface area (Å²) in [7, 11) is 3.77. The number of benzene rings is 1. The molecule has 2 N–H and O–H groups in total. The van der Waals surface area contributed by atoms with Gasteiger partial charge < -0.3 is 15.1 Å². The molecule has 5 heterocycles. The molecule has 3 aromatic heterocycles. The number of aromatic nitrogens is 5. The predicted molar refractivity (Wildman–Crippen MR) is 178 cm³/mol. The quantitative estimate of drug-likeness (QED) is 0.220. The molecular weight excluding hydrogens is 598 g/mol. The summed E-state index contributed by atoms with van der Waals surface area (Å²) in [6, 6.07) is 9.15. The highest BCUT2D eigenvalue weighted by atomic mass is 35.5. The zero-order valence-electron chi connectivity index (χ0n) is 25.7. The predicted octanol–water partition coefficient (Wildman–Crippen LogP) is 4.70. The van der Waals surface area contributed by atoms with Gasteiger partial charge in [-0.1, -0.05) is 29.6 Å². The lowest BCUT2D eigenvalue weighted by atomic mass is 9.79. The van der Waals surface area contributed by atoms with Crippen LogP contribution in [0.2, 0.25) is 5.15 Å². The fourth-order valence-electron chi connectivity index (χ4n) is 6.74. The second-order valence-electron chi connectivity index (χ2n) is 12.1. The second-order valence-corrected chi connectivity index (χ2v) is 13.1. The molecule has 1 amide bonds. The molecule has 2 fully saturated rings. The molecule has 2 atom stereocenters. The summed E-state index contributed by atoms with van der Waals surface area (Å²) >= 11 is 7.33. The molecule has 11 nitrogen and oxygen atoms in total. The van der Waals surface area contributed by atoms with Crippen LogP contribution in [0.25, 0.3) is 10.9 Å². The van der Waals surface area contributed by atoms with Crippen LogP contribution < -0.4 is 25.4 Å². The van der Waals surface area contributed by atoms with Crippen molar-refractivity contribution in [2.24, 2.45) is 19.5 Å². The Kier molecular flexibility index (Phi) is 8.23. The van der Waals surface area contributed by atoms with Gasteiger partial charge in [-0.25, -0.2) is 9.97 Å². The second kappa shape index (κ2) is 12.0. The van der Waals surface area contributed by atoms with E-state index in [9.17, 15) is 9.59 Å². The molecule has 0 radical (unpaired) electrons. The number of nitrogens with one attached hydrogen (secondary N) is 2. The van der Waals surface area contributed by atoms with Gasteiger partial charge >= 0.3 is 0 Å². The monoisotopic (exact) mass is 635 g/mol. The van der Waals surface area contributed by atoms with E-state index >= 15 is 0 Å². The van der Waals surface area contributed by atoms with Crippen molar-refractivity contribution in [3.05, 3.63) is 68.9 Å². The molecule has 1 spiro atoms. The lowest BCUT2D eigenvalue weighted by molar-refractivity contribution is 0.0980. The van der Waals surface area contributed by atoms with Crippen LogP contribution in [0.4, 0.5) is 17.5 Å². The molecule has 6 rings (SSSR count). The largest absolute Gasteiger partial charge is 0.377 e. The minimum atomic E-state index is -0.342. The van der Waals surface area contributed by atoms with E-state index in [2.05, 4.69) is 42.1 Å². The first-order chi connectivity index (χ1) is 21.1. The van der Waals surface area contributed by atoms with Gasteiger partial charge in [0.15, 0.2) is 11.5 Å². The third kappa shape index (κ3) is 5.72. The number of hydrogen-bond donors (Lipinski definition) is 2. The fraction of sp³-hybridized carbons (Fsp3) is 0.452. The van der Waals surface area contributed by atoms with Crippen molar-refractivity contribution in [2.75, 3.05) is 47.6 Å². The number of hydrogen-bond acceptors (Lipinski definition) is 9. The van der Waals surface area contributed by atoms with E-state index in [1.165, 1.54) is 11.9 Å². The van der Waals surface area contributed by atoms with Gasteiger partial charge in [0, 0.05) is 69.8 Å². The van der Waals surface area contributed by atoms with Crippen LogP contribution in [0, 0.1) is 12.3 Å². The summed E-state index contributed by atoms with van der Waals surface area (Å²) in [5.74, 6) is 1.36. The number of halogens is 1. The molecule has 0 aliphatic carbocycles. The Bertz CT molecular complexity index is 1790. The van der Waals surface area contributed by atoms with E-state index in [1.807, 2.05) is 44.9 Å². The lowest BCUT2D eigenvalue weighted by Crippen LogP contribution is -2.45. The average molecular weight is 636 g/mol. The van der Waals surface area contributed by atoms with E-state index in [-0.39, 0.29) is 33.8 Å². The summed E-state index contributed by atoms with van der Waals surface area (Å²) in [6.45, 7) is 7.59. The van der Waals surface area contributed by atoms with Crippen molar-refractivity contribution in [1.29, 1.82) is 0 Å². The highest BCUT2D eigenvalue weighted by Crippen LogP contribution is 2.41. The van der Waals surface area contributed by atoms with E-state index in [0.29, 0.717) is 22.5 Å². The normalized spacial score (nSPS) is 19.1. The van der Waals surface area contributed by atoms with Crippen molar-refractivity contribution in [3.8, 4) is 0 Å². The van der Waals surface area contributed by atoms with E-state index in [1.54, 1.807) is 23.0 Å². The highest BCUT2D eigenvalue weighted by molar-refractivity contribution is 7.97. The molecule has 4 aromatic rings. The Morgan fingerprint density at radius 2 is 1.89 bits per heavy atom. The molecule has 2 aliphatic rings. The van der Waals surface area contributed by atoms with Crippen molar-refractivity contribution in [1.82, 2.24) is 29.0 Å². The number of nitrogens with zero attached hydrogens (tertiary/aromatic N) is 7. The zero-order chi connectivity index (χ0) is 31.2. The van der Waals surface area contributed by atoms with Crippen molar-refractivity contribution < 1.29 is 4.79 Å². The number of carbonyl (C=O) groups is 1. The minimum absolute atomic E-state index is 0.0740. The maximum absolute atomic E-state index is 13.8. The topological polar surface area (TPSA) is 113 Å². The van der Waals surface area contributed by atoms with Crippen LogP contribution in [0.1, 0.15) is 53.8 Å². The number of rotatable bonds is 7. The number of aryl methyl sites for hydroxylation is 2. The Morgan fingerprint density at radius 3 is 2.64 bits per heavy atom. The average Bonchev–Trinajstić information content (AvgIpc) is 3.62. The third-order valence-electron chi connectivity index (χ3n) is 8.85. The smallest absolute Gasteiger partial charge is 0.281 e. The number of piperidine rings is 1. The summed E-state index contributed by atoms with van der Waals surface area (Å²) < 4.78 is 6.26. The lowest BCUT2D eigenvalue weighted by Gasteiger charge is -2.40. The van der Waals surface area contributed by atoms with Crippen molar-refractivity contribution in [2.45, 2.75) is 39.2 Å². The van der Waals surface area contributed by atoms with Gasteiger partial charge in [0.05, 0.1) is 22.6 Å². The fourth-order valence-corrected chi connectivity index (χ4v) is 7.17. The summed E-state index contributed by atoms with van der Waals surface area (Å²) in [5.41, 5.74) is 3.28. The molecule has 232 valence electrons. The first-order valence-electron chi connectivity index (χ1n) is 14.8. The first kappa shape index (κ1) is 30.3. The highest BCUT2D eigenvalue weighted by Gasteiger charge is 2.43. The number of amides is 1. The van der Waals surface area contributed by atoms with Gasteiger partial charge in [-0.3, -0.25) is 23.6 Å². The Balaban J connectivity index is 1.33. The number of carbonyl (C=O) groups excluding carboxylic acids is 1. The molecular formula is C31H38ClN9O2S. The minimum Gasteiger partial charge on any atom is -0.377 e. The van der Waals surface area contributed by atoms with Gasteiger partial charge in [0.25, 0.3) is 11.5 Å². The van der Waals surface area contributed by atoms with Crippen molar-refractivity contribution in [3.63, 3.8) is 0 Å². The zero-order valence-corrected chi connectivity index (χ0v) is 27.3. The number of pyridine rings is 1. The van der Waals surface area contributed by atoms with E-state index in [4.69, 9.17) is 16.6 Å². The van der Waals surface area contributed by atoms with Gasteiger partial charge in [-0.2, -0.15) is 5.10 Å². The van der Waals surface area contributed by atoms with Gasteiger partial charge in [0.1, 0.15) is 5.15 Å². The molecule has 0 saturated carbocycles. The molecule has 44 heavy (non-hydrogen) atoms. The Labute approximate surface area is 266 Å². The summed E-state index contributed by atoms with van der Waals surface area (Å²) in [5, 5.41) is 8.89. The van der Waals surface area contributed by atoms with Crippen LogP contribution in [-0.4, -0.2) is 62.7 Å². The first-order valence-corrected chi connectivity index (χ1v) is 16.4.